The van der Waals surface area contributed by atoms with Crippen LogP contribution in [0, 0.1) is 0 Å². The SMILES string of the molecule is CCNC1CCC(c2nc3cccc(C(N)=O)c3[nH]2)CC1. The minimum absolute atomic E-state index is 0.411. The highest BCUT2D eigenvalue weighted by atomic mass is 16.1. The number of aromatic nitrogens is 2. The Bertz CT molecular complexity index is 641. The van der Waals surface area contributed by atoms with Gasteiger partial charge >= 0.3 is 0 Å². The van der Waals surface area contributed by atoms with E-state index in [1.54, 1.807) is 6.07 Å². The Morgan fingerprint density at radius 2 is 2.14 bits per heavy atom. The van der Waals surface area contributed by atoms with Crippen LogP contribution in [-0.2, 0) is 0 Å². The van der Waals surface area contributed by atoms with E-state index in [0.29, 0.717) is 17.5 Å². The first-order chi connectivity index (χ1) is 10.2. The number of H-pyrrole nitrogens is 1. The van der Waals surface area contributed by atoms with Gasteiger partial charge in [0.2, 0.25) is 0 Å². The zero-order valence-electron chi connectivity index (χ0n) is 12.4. The fraction of sp³-hybridized carbons (Fsp3) is 0.500. The second kappa shape index (κ2) is 5.85. The third-order valence-corrected chi connectivity index (χ3v) is 4.41. The van der Waals surface area contributed by atoms with Gasteiger partial charge in [-0.2, -0.15) is 0 Å². The van der Waals surface area contributed by atoms with E-state index in [1.165, 1.54) is 12.8 Å². The lowest BCUT2D eigenvalue weighted by Gasteiger charge is -2.27. The highest BCUT2D eigenvalue weighted by Gasteiger charge is 2.24. The average molecular weight is 286 g/mol. The highest BCUT2D eigenvalue weighted by molar-refractivity contribution is 6.04. The quantitative estimate of drug-likeness (QED) is 0.806. The molecule has 0 bridgehead atoms. The molecule has 0 aliphatic heterocycles. The zero-order chi connectivity index (χ0) is 14.8. The number of primary amides is 1. The van der Waals surface area contributed by atoms with Crippen molar-refractivity contribution < 1.29 is 4.79 Å². The van der Waals surface area contributed by atoms with Crippen molar-refractivity contribution in [2.45, 2.75) is 44.6 Å². The van der Waals surface area contributed by atoms with Gasteiger partial charge in [0, 0.05) is 12.0 Å². The summed E-state index contributed by atoms with van der Waals surface area (Å²) in [5, 5.41) is 3.52. The number of nitrogens with zero attached hydrogens (tertiary/aromatic N) is 1. The van der Waals surface area contributed by atoms with E-state index in [2.05, 4.69) is 22.2 Å². The van der Waals surface area contributed by atoms with Gasteiger partial charge < -0.3 is 16.0 Å². The number of imidazole rings is 1. The number of amides is 1. The summed E-state index contributed by atoms with van der Waals surface area (Å²) in [7, 11) is 0. The third kappa shape index (κ3) is 2.78. The summed E-state index contributed by atoms with van der Waals surface area (Å²) in [6, 6.07) is 6.13. The summed E-state index contributed by atoms with van der Waals surface area (Å²) in [6.07, 6.45) is 4.61. The maximum Gasteiger partial charge on any atom is 0.250 e. The summed E-state index contributed by atoms with van der Waals surface area (Å²) in [4.78, 5) is 19.5. The van der Waals surface area contributed by atoms with E-state index in [4.69, 9.17) is 5.73 Å². The van der Waals surface area contributed by atoms with Crippen LogP contribution in [0.3, 0.4) is 0 Å². The summed E-state index contributed by atoms with van der Waals surface area (Å²) in [5.41, 5.74) is 7.55. The molecule has 0 radical (unpaired) electrons. The zero-order valence-corrected chi connectivity index (χ0v) is 12.4. The van der Waals surface area contributed by atoms with Crippen LogP contribution in [-0.4, -0.2) is 28.5 Å². The standard InChI is InChI=1S/C16H22N4O/c1-2-18-11-8-6-10(7-9-11)16-19-13-5-3-4-12(15(17)21)14(13)20-16/h3-5,10-11,18H,2,6-9H2,1H3,(H2,17,21)(H,19,20). The molecule has 1 fully saturated rings. The Labute approximate surface area is 124 Å². The molecule has 1 aliphatic carbocycles. The van der Waals surface area contributed by atoms with E-state index in [9.17, 15) is 4.79 Å². The molecule has 1 amide bonds. The lowest BCUT2D eigenvalue weighted by Crippen LogP contribution is -2.32. The van der Waals surface area contributed by atoms with Gasteiger partial charge in [-0.05, 0) is 44.4 Å². The molecular formula is C16H22N4O. The molecule has 1 aromatic heterocycles. The Balaban J connectivity index is 1.82. The first-order valence-electron chi connectivity index (χ1n) is 7.71. The van der Waals surface area contributed by atoms with E-state index >= 15 is 0 Å². The van der Waals surface area contributed by atoms with Gasteiger partial charge in [-0.3, -0.25) is 4.79 Å². The lowest BCUT2D eigenvalue weighted by molar-refractivity contribution is 0.100. The average Bonchev–Trinajstić information content (AvgIpc) is 2.92. The van der Waals surface area contributed by atoms with Gasteiger partial charge in [0.25, 0.3) is 5.91 Å². The van der Waals surface area contributed by atoms with Gasteiger partial charge in [-0.25, -0.2) is 4.98 Å². The van der Waals surface area contributed by atoms with Crippen LogP contribution in [0.4, 0.5) is 0 Å². The maximum atomic E-state index is 11.5. The molecule has 0 spiro atoms. The van der Waals surface area contributed by atoms with Gasteiger partial charge in [-0.15, -0.1) is 0 Å². The van der Waals surface area contributed by atoms with Gasteiger partial charge in [0.05, 0.1) is 16.6 Å². The molecule has 1 saturated carbocycles. The Morgan fingerprint density at radius 1 is 1.38 bits per heavy atom. The summed E-state index contributed by atoms with van der Waals surface area (Å²) in [5.74, 6) is 1.04. The summed E-state index contributed by atoms with van der Waals surface area (Å²) in [6.45, 7) is 3.18. The number of nitrogens with one attached hydrogen (secondary N) is 2. The van der Waals surface area contributed by atoms with Crippen LogP contribution >= 0.6 is 0 Å². The molecule has 0 unspecified atom stereocenters. The largest absolute Gasteiger partial charge is 0.366 e. The summed E-state index contributed by atoms with van der Waals surface area (Å²) >= 11 is 0. The Hall–Kier alpha value is -1.88. The predicted octanol–water partition coefficient (Wildman–Crippen LogP) is 2.30. The topological polar surface area (TPSA) is 83.8 Å². The first kappa shape index (κ1) is 14.1. The van der Waals surface area contributed by atoms with Crippen molar-refractivity contribution in [3.05, 3.63) is 29.6 Å². The van der Waals surface area contributed by atoms with Crippen molar-refractivity contribution in [2.24, 2.45) is 5.73 Å². The maximum absolute atomic E-state index is 11.5. The number of carbonyl (C=O) groups excluding carboxylic acids is 1. The molecule has 112 valence electrons. The van der Waals surface area contributed by atoms with Crippen LogP contribution in [0.2, 0.25) is 0 Å². The number of benzene rings is 1. The highest BCUT2D eigenvalue weighted by Crippen LogP contribution is 2.32. The minimum atomic E-state index is -0.411. The number of carbonyl (C=O) groups is 1. The molecule has 1 aromatic carbocycles. The van der Waals surface area contributed by atoms with Gasteiger partial charge in [0.15, 0.2) is 0 Å². The van der Waals surface area contributed by atoms with E-state index in [1.807, 2.05) is 12.1 Å². The van der Waals surface area contributed by atoms with Crippen molar-refractivity contribution in [1.29, 1.82) is 0 Å². The van der Waals surface area contributed by atoms with E-state index in [-0.39, 0.29) is 0 Å². The minimum Gasteiger partial charge on any atom is -0.366 e. The van der Waals surface area contributed by atoms with Crippen LogP contribution < -0.4 is 11.1 Å². The fourth-order valence-electron chi connectivity index (χ4n) is 3.31. The second-order valence-corrected chi connectivity index (χ2v) is 5.79. The van der Waals surface area contributed by atoms with Crippen molar-refractivity contribution in [1.82, 2.24) is 15.3 Å². The van der Waals surface area contributed by atoms with Crippen LogP contribution in [0.1, 0.15) is 54.7 Å². The predicted molar refractivity (Wildman–Crippen MR) is 83.3 cm³/mol. The normalized spacial score (nSPS) is 22.5. The number of rotatable bonds is 4. The summed E-state index contributed by atoms with van der Waals surface area (Å²) < 4.78 is 0. The van der Waals surface area contributed by atoms with E-state index < -0.39 is 5.91 Å². The first-order valence-corrected chi connectivity index (χ1v) is 7.71. The molecule has 0 saturated heterocycles. The fourth-order valence-corrected chi connectivity index (χ4v) is 3.31. The molecule has 3 rings (SSSR count). The number of nitrogens with two attached hydrogens (primary N) is 1. The van der Waals surface area contributed by atoms with E-state index in [0.717, 1.165) is 36.2 Å². The molecule has 0 atom stereocenters. The molecule has 2 aromatic rings. The molecular weight excluding hydrogens is 264 g/mol. The number of aromatic amines is 1. The molecule has 5 heteroatoms. The van der Waals surface area contributed by atoms with Crippen molar-refractivity contribution in [3.63, 3.8) is 0 Å². The smallest absolute Gasteiger partial charge is 0.250 e. The van der Waals surface area contributed by atoms with Crippen LogP contribution in [0.25, 0.3) is 11.0 Å². The van der Waals surface area contributed by atoms with Crippen molar-refractivity contribution >= 4 is 16.9 Å². The Kier molecular flexibility index (Phi) is 3.92. The van der Waals surface area contributed by atoms with Crippen LogP contribution in [0.15, 0.2) is 18.2 Å². The molecule has 1 heterocycles. The number of hydrogen-bond donors (Lipinski definition) is 3. The molecule has 5 nitrogen and oxygen atoms in total. The van der Waals surface area contributed by atoms with Crippen molar-refractivity contribution in [2.75, 3.05) is 6.54 Å². The molecule has 21 heavy (non-hydrogen) atoms. The number of para-hydroxylation sites is 1. The van der Waals surface area contributed by atoms with Gasteiger partial charge in [0.1, 0.15) is 5.82 Å². The second-order valence-electron chi connectivity index (χ2n) is 5.79. The monoisotopic (exact) mass is 286 g/mol. The third-order valence-electron chi connectivity index (χ3n) is 4.41. The molecule has 1 aliphatic rings. The number of hydrogen-bond acceptors (Lipinski definition) is 3. The Morgan fingerprint density at radius 3 is 2.81 bits per heavy atom. The van der Waals surface area contributed by atoms with Crippen LogP contribution in [0.5, 0.6) is 0 Å². The van der Waals surface area contributed by atoms with Crippen molar-refractivity contribution in [3.8, 4) is 0 Å². The molecule has 4 N–H and O–H groups in total. The van der Waals surface area contributed by atoms with Gasteiger partial charge in [-0.1, -0.05) is 13.0 Å². The lowest BCUT2D eigenvalue weighted by atomic mass is 9.85. The number of fused-ring (bicyclic) bond motifs is 1.